The first-order valence-corrected chi connectivity index (χ1v) is 13.6. The predicted octanol–water partition coefficient (Wildman–Crippen LogP) is 5.48. The highest BCUT2D eigenvalue weighted by Crippen LogP contribution is 2.58. The third-order valence-electron chi connectivity index (χ3n) is 5.47. The molecule has 7 heteroatoms. The van der Waals surface area contributed by atoms with Crippen LogP contribution in [0, 0.1) is 23.3 Å². The van der Waals surface area contributed by atoms with Crippen molar-refractivity contribution in [2.75, 3.05) is 6.54 Å². The van der Waals surface area contributed by atoms with Gasteiger partial charge in [0.25, 0.3) is 0 Å². The molecule has 0 aromatic heterocycles. The molecule has 0 bridgehead atoms. The molecule has 174 valence electrons. The maximum Gasteiger partial charge on any atom is 0.131 e. The summed E-state index contributed by atoms with van der Waals surface area (Å²) in [6, 6.07) is 24.9. The first-order chi connectivity index (χ1) is 16.5. The van der Waals surface area contributed by atoms with Crippen molar-refractivity contribution in [3.8, 4) is 0 Å². The van der Waals surface area contributed by atoms with Crippen LogP contribution in [0.1, 0.15) is 6.42 Å². The zero-order valence-electron chi connectivity index (χ0n) is 18.2. The lowest BCUT2D eigenvalue weighted by Gasteiger charge is -2.36. The molecule has 0 saturated heterocycles. The maximum atomic E-state index is 15.2. The summed E-state index contributed by atoms with van der Waals surface area (Å²) in [6.45, 7) is 0.203. The molecular formula is C27H23F4NP2. The molecule has 0 unspecified atom stereocenters. The van der Waals surface area contributed by atoms with Gasteiger partial charge in [-0.05, 0) is 53.1 Å². The monoisotopic (exact) mass is 499 g/mol. The summed E-state index contributed by atoms with van der Waals surface area (Å²) in [4.78, 5) is 0. The van der Waals surface area contributed by atoms with Gasteiger partial charge >= 0.3 is 0 Å². The van der Waals surface area contributed by atoms with Crippen LogP contribution in [0.4, 0.5) is 17.6 Å². The van der Waals surface area contributed by atoms with Crippen molar-refractivity contribution < 1.29 is 17.6 Å². The van der Waals surface area contributed by atoms with Crippen LogP contribution in [0.2, 0.25) is 0 Å². The van der Waals surface area contributed by atoms with E-state index in [9.17, 15) is 0 Å². The first-order valence-electron chi connectivity index (χ1n) is 10.8. The number of halogens is 4. The van der Waals surface area contributed by atoms with Gasteiger partial charge in [0, 0.05) is 26.6 Å². The highest BCUT2D eigenvalue weighted by Gasteiger charge is 2.37. The lowest BCUT2D eigenvalue weighted by Crippen LogP contribution is -2.32. The van der Waals surface area contributed by atoms with Crippen molar-refractivity contribution in [2.24, 2.45) is 5.73 Å². The Morgan fingerprint density at radius 2 is 0.765 bits per heavy atom. The highest BCUT2D eigenvalue weighted by molar-refractivity contribution is 7.89. The molecule has 34 heavy (non-hydrogen) atoms. The van der Waals surface area contributed by atoms with Crippen LogP contribution in [-0.2, 0) is 0 Å². The Labute approximate surface area is 199 Å². The summed E-state index contributed by atoms with van der Waals surface area (Å²) in [7, 11) is -3.42. The Hall–Kier alpha value is -2.58. The summed E-state index contributed by atoms with van der Waals surface area (Å²) in [5.41, 5.74) is 6.02. The summed E-state index contributed by atoms with van der Waals surface area (Å²) < 4.78 is 60.8. The van der Waals surface area contributed by atoms with Gasteiger partial charge in [-0.1, -0.05) is 72.8 Å². The molecule has 2 N–H and O–H groups in total. The fourth-order valence-electron chi connectivity index (χ4n) is 4.01. The van der Waals surface area contributed by atoms with E-state index in [1.165, 1.54) is 24.3 Å². The largest absolute Gasteiger partial charge is 0.330 e. The number of nitrogens with two attached hydrogens (primary N) is 1. The van der Waals surface area contributed by atoms with Gasteiger partial charge in [0.1, 0.15) is 23.3 Å². The minimum absolute atomic E-state index is 0.203. The SMILES string of the molecule is NCCC(P(c1ccccc1F)c1ccccc1F)P(c1ccccc1F)c1ccccc1F. The average Bonchev–Trinajstić information content (AvgIpc) is 2.84. The van der Waals surface area contributed by atoms with Crippen LogP contribution < -0.4 is 27.0 Å². The summed E-state index contributed by atoms with van der Waals surface area (Å²) in [6.07, 6.45) is 0.336. The molecule has 0 radical (unpaired) electrons. The topological polar surface area (TPSA) is 26.0 Å². The Balaban J connectivity index is 2.02. The third-order valence-corrected chi connectivity index (χ3v) is 12.1. The Morgan fingerprint density at radius 3 is 1.00 bits per heavy atom. The zero-order valence-corrected chi connectivity index (χ0v) is 20.0. The van der Waals surface area contributed by atoms with Gasteiger partial charge in [0.05, 0.1) is 0 Å². The second-order valence-electron chi connectivity index (χ2n) is 7.60. The molecule has 0 heterocycles. The van der Waals surface area contributed by atoms with E-state index in [0.717, 1.165) is 0 Å². The van der Waals surface area contributed by atoms with Crippen LogP contribution in [0.5, 0.6) is 0 Å². The number of hydrogen-bond donors (Lipinski definition) is 1. The smallest absolute Gasteiger partial charge is 0.131 e. The Kier molecular flexibility index (Phi) is 8.11. The van der Waals surface area contributed by atoms with Crippen molar-refractivity contribution in [3.05, 3.63) is 120 Å². The molecule has 4 aromatic rings. The number of hydrogen-bond acceptors (Lipinski definition) is 1. The molecular weight excluding hydrogens is 476 g/mol. The standard InChI is InChI=1S/C27H23F4NP2/c28-19-9-1-5-13-23(19)33(24-14-6-2-10-20(24)29)27(17-18-32)34(25-15-7-3-11-21(25)30)26-16-8-4-12-22(26)31/h1-16,27H,17-18,32H2. The second kappa shape index (κ2) is 11.2. The molecule has 0 aliphatic heterocycles. The number of rotatable bonds is 8. The van der Waals surface area contributed by atoms with Crippen LogP contribution >= 0.6 is 15.8 Å². The predicted molar refractivity (Wildman–Crippen MR) is 135 cm³/mol. The summed E-state index contributed by atoms with van der Waals surface area (Å²) in [5.74, 6) is -1.90. The number of benzene rings is 4. The molecule has 4 rings (SSSR count). The molecule has 0 saturated carbocycles. The van der Waals surface area contributed by atoms with Gasteiger partial charge in [0.15, 0.2) is 0 Å². The van der Waals surface area contributed by atoms with E-state index in [1.54, 1.807) is 72.8 Å². The van der Waals surface area contributed by atoms with E-state index in [1.807, 2.05) is 0 Å². The molecule has 0 aliphatic rings. The van der Waals surface area contributed by atoms with Crippen LogP contribution in [0.25, 0.3) is 0 Å². The van der Waals surface area contributed by atoms with Gasteiger partial charge < -0.3 is 5.73 Å². The van der Waals surface area contributed by atoms with E-state index in [0.29, 0.717) is 27.6 Å². The van der Waals surface area contributed by atoms with Crippen LogP contribution in [-0.4, -0.2) is 11.9 Å². The molecule has 0 spiro atoms. The third kappa shape index (κ3) is 5.08. The first kappa shape index (κ1) is 24.5. The maximum absolute atomic E-state index is 15.2. The fraction of sp³-hybridized carbons (Fsp3) is 0.111. The summed E-state index contributed by atoms with van der Waals surface area (Å²) >= 11 is 0. The van der Waals surface area contributed by atoms with E-state index in [-0.39, 0.29) is 6.54 Å². The zero-order chi connectivity index (χ0) is 24.1. The molecule has 4 aromatic carbocycles. The van der Waals surface area contributed by atoms with Crippen LogP contribution in [0.3, 0.4) is 0 Å². The van der Waals surface area contributed by atoms with E-state index in [2.05, 4.69) is 0 Å². The van der Waals surface area contributed by atoms with Gasteiger partial charge in [-0.2, -0.15) is 0 Å². The van der Waals surface area contributed by atoms with Crippen molar-refractivity contribution >= 4 is 37.1 Å². The quantitative estimate of drug-likeness (QED) is 0.252. The molecule has 0 amide bonds. The fourth-order valence-corrected chi connectivity index (χ4v) is 11.3. The Bertz CT molecular complexity index is 1080. The normalized spacial score (nSPS) is 11.5. The molecule has 0 atom stereocenters. The van der Waals surface area contributed by atoms with Crippen LogP contribution in [0.15, 0.2) is 97.1 Å². The van der Waals surface area contributed by atoms with E-state index < -0.39 is 44.5 Å². The average molecular weight is 499 g/mol. The second-order valence-corrected chi connectivity index (χ2v) is 12.7. The lowest BCUT2D eigenvalue weighted by atomic mass is 10.3. The van der Waals surface area contributed by atoms with Crippen molar-refractivity contribution in [1.29, 1.82) is 0 Å². The molecule has 1 nitrogen and oxygen atoms in total. The van der Waals surface area contributed by atoms with Crippen molar-refractivity contribution in [2.45, 2.75) is 11.8 Å². The van der Waals surface area contributed by atoms with Gasteiger partial charge in [-0.15, -0.1) is 0 Å². The minimum Gasteiger partial charge on any atom is -0.330 e. The van der Waals surface area contributed by atoms with Crippen molar-refractivity contribution in [3.63, 3.8) is 0 Å². The van der Waals surface area contributed by atoms with Gasteiger partial charge in [-0.3, -0.25) is 0 Å². The van der Waals surface area contributed by atoms with E-state index >= 15 is 17.6 Å². The Morgan fingerprint density at radius 1 is 0.500 bits per heavy atom. The van der Waals surface area contributed by atoms with Gasteiger partial charge in [-0.25, -0.2) is 17.6 Å². The van der Waals surface area contributed by atoms with Crippen molar-refractivity contribution in [1.82, 2.24) is 0 Å². The van der Waals surface area contributed by atoms with E-state index in [4.69, 9.17) is 5.73 Å². The van der Waals surface area contributed by atoms with Gasteiger partial charge in [0.2, 0.25) is 0 Å². The summed E-state index contributed by atoms with van der Waals surface area (Å²) in [5, 5.41) is 0.822. The lowest BCUT2D eigenvalue weighted by molar-refractivity contribution is 0.634. The molecule has 0 aliphatic carbocycles. The molecule has 0 fully saturated rings. The highest BCUT2D eigenvalue weighted by atomic mass is 31.2. The minimum atomic E-state index is -1.71.